The largest absolute Gasteiger partial charge is 0.360 e. The zero-order valence-electron chi connectivity index (χ0n) is 14.0. The van der Waals surface area contributed by atoms with Gasteiger partial charge in [-0.15, -0.1) is 0 Å². The molecule has 0 amide bonds. The first-order valence-electron chi connectivity index (χ1n) is 8.97. The van der Waals surface area contributed by atoms with Gasteiger partial charge < -0.3 is 9.80 Å². The lowest BCUT2D eigenvalue weighted by Crippen LogP contribution is -3.15. The Labute approximate surface area is 134 Å². The highest BCUT2D eigenvalue weighted by molar-refractivity contribution is 5.46. The van der Waals surface area contributed by atoms with Crippen LogP contribution in [0, 0.1) is 17.3 Å². The minimum atomic E-state index is 0.579. The van der Waals surface area contributed by atoms with Crippen LogP contribution >= 0.6 is 0 Å². The molecule has 5 rings (SSSR count). The number of benzene rings is 1. The number of para-hydroxylation sites is 1. The first-order valence-corrected chi connectivity index (χ1v) is 8.97. The number of anilines is 1. The summed E-state index contributed by atoms with van der Waals surface area (Å²) in [6.07, 6.45) is 5.38. The molecule has 118 valence electrons. The van der Waals surface area contributed by atoms with Crippen molar-refractivity contribution in [2.75, 3.05) is 37.6 Å². The van der Waals surface area contributed by atoms with E-state index in [-0.39, 0.29) is 0 Å². The Kier molecular flexibility index (Phi) is 3.53. The van der Waals surface area contributed by atoms with Gasteiger partial charge in [-0.1, -0.05) is 38.1 Å². The fourth-order valence-corrected chi connectivity index (χ4v) is 4.86. The maximum Gasteiger partial charge on any atom is 0.0991 e. The second kappa shape index (κ2) is 5.42. The average molecular weight is 297 g/mol. The lowest BCUT2D eigenvalue weighted by atomic mass is 9.49. The molecule has 2 nitrogen and oxygen atoms in total. The molecule has 1 aromatic rings. The van der Waals surface area contributed by atoms with E-state index in [9.17, 15) is 0 Å². The first-order chi connectivity index (χ1) is 10.6. The minimum absolute atomic E-state index is 0.579. The number of hydrogen-bond acceptors (Lipinski definition) is 1. The molecule has 2 atom stereocenters. The number of nitrogens with zero attached hydrogens (tertiary/aromatic N) is 1. The number of allylic oxidation sites excluding steroid dienone is 1. The second-order valence-electron chi connectivity index (χ2n) is 8.07. The molecular formula is C20H29N2+. The number of rotatable bonds is 3. The van der Waals surface area contributed by atoms with E-state index in [4.69, 9.17) is 0 Å². The zero-order chi connectivity index (χ0) is 15.2. The number of quaternary nitrogens is 1. The Morgan fingerprint density at radius 3 is 2.50 bits per heavy atom. The smallest absolute Gasteiger partial charge is 0.0991 e. The molecular weight excluding hydrogens is 268 g/mol. The number of piperazine rings is 1. The van der Waals surface area contributed by atoms with Crippen LogP contribution in [0.2, 0.25) is 0 Å². The van der Waals surface area contributed by atoms with Gasteiger partial charge in [0.05, 0.1) is 32.7 Å². The topological polar surface area (TPSA) is 7.68 Å². The maximum absolute atomic E-state index is 2.58. The van der Waals surface area contributed by atoms with Gasteiger partial charge >= 0.3 is 0 Å². The van der Waals surface area contributed by atoms with Crippen LogP contribution in [0.5, 0.6) is 0 Å². The number of hydrogen-bond donors (Lipinski definition) is 1. The van der Waals surface area contributed by atoms with E-state index in [2.05, 4.69) is 55.2 Å². The van der Waals surface area contributed by atoms with E-state index in [0.29, 0.717) is 5.41 Å². The molecule has 3 aliphatic carbocycles. The fourth-order valence-electron chi connectivity index (χ4n) is 4.86. The summed E-state index contributed by atoms with van der Waals surface area (Å²) in [4.78, 5) is 4.33. The van der Waals surface area contributed by atoms with Crippen molar-refractivity contribution < 1.29 is 4.90 Å². The van der Waals surface area contributed by atoms with E-state index in [1.807, 2.05) is 0 Å². The van der Waals surface area contributed by atoms with Crippen LogP contribution in [-0.4, -0.2) is 32.7 Å². The second-order valence-corrected chi connectivity index (χ2v) is 8.07. The third-order valence-corrected chi connectivity index (χ3v) is 6.63. The molecule has 1 heterocycles. The van der Waals surface area contributed by atoms with Gasteiger partial charge in [-0.25, -0.2) is 0 Å². The van der Waals surface area contributed by atoms with Crippen molar-refractivity contribution in [3.8, 4) is 0 Å². The Morgan fingerprint density at radius 1 is 1.14 bits per heavy atom. The summed E-state index contributed by atoms with van der Waals surface area (Å²) in [5.41, 5.74) is 3.74. The van der Waals surface area contributed by atoms with Gasteiger partial charge in [-0.2, -0.15) is 0 Å². The molecule has 1 saturated heterocycles. The van der Waals surface area contributed by atoms with Gasteiger partial charge in [-0.3, -0.25) is 0 Å². The highest BCUT2D eigenvalue weighted by Gasteiger charge is 2.51. The van der Waals surface area contributed by atoms with Crippen LogP contribution in [-0.2, 0) is 0 Å². The molecule has 1 saturated carbocycles. The van der Waals surface area contributed by atoms with Crippen molar-refractivity contribution in [2.45, 2.75) is 26.7 Å². The van der Waals surface area contributed by atoms with E-state index >= 15 is 0 Å². The van der Waals surface area contributed by atoms with Crippen LogP contribution in [0.3, 0.4) is 0 Å². The molecule has 2 heteroatoms. The normalized spacial score (nSPS) is 30.6. The molecule has 0 radical (unpaired) electrons. The Hall–Kier alpha value is -1.28. The summed E-state index contributed by atoms with van der Waals surface area (Å²) in [7, 11) is 0. The summed E-state index contributed by atoms with van der Waals surface area (Å²) < 4.78 is 0. The number of fused-ring (bicyclic) bond motifs is 1. The first kappa shape index (κ1) is 14.3. The van der Waals surface area contributed by atoms with Gasteiger partial charge in [0.2, 0.25) is 0 Å². The average Bonchev–Trinajstić information content (AvgIpc) is 2.56. The highest BCUT2D eigenvalue weighted by atomic mass is 15.3. The Morgan fingerprint density at radius 2 is 1.86 bits per heavy atom. The van der Waals surface area contributed by atoms with E-state index in [1.165, 1.54) is 51.3 Å². The third kappa shape index (κ3) is 2.38. The molecule has 0 aromatic heterocycles. The quantitative estimate of drug-likeness (QED) is 0.842. The van der Waals surface area contributed by atoms with Crippen molar-refractivity contribution >= 4 is 5.69 Å². The predicted octanol–water partition coefficient (Wildman–Crippen LogP) is 2.38. The van der Waals surface area contributed by atoms with Crippen LogP contribution in [0.25, 0.3) is 0 Å². The van der Waals surface area contributed by atoms with Crippen LogP contribution in [0.1, 0.15) is 26.7 Å². The number of nitrogens with one attached hydrogen (secondary N) is 1. The highest BCUT2D eigenvalue weighted by Crippen LogP contribution is 2.58. The summed E-state index contributed by atoms with van der Waals surface area (Å²) in [6.45, 7) is 11.2. The summed E-state index contributed by atoms with van der Waals surface area (Å²) >= 11 is 0. The van der Waals surface area contributed by atoms with Crippen LogP contribution in [0.4, 0.5) is 5.69 Å². The van der Waals surface area contributed by atoms with Gasteiger partial charge in [0.1, 0.15) is 0 Å². The SMILES string of the molecule is CC1(C)[C@H]2CC=C(C[NH+]3CCN(c4ccccc4)CC3)[C@@H]1C2. The summed E-state index contributed by atoms with van der Waals surface area (Å²) in [5, 5.41) is 0. The van der Waals surface area contributed by atoms with Crippen LogP contribution < -0.4 is 9.80 Å². The molecule has 22 heavy (non-hydrogen) atoms. The maximum atomic E-state index is 2.58. The fraction of sp³-hybridized carbons (Fsp3) is 0.600. The molecule has 0 unspecified atom stereocenters. The molecule has 2 fully saturated rings. The molecule has 2 bridgehead atoms. The molecule has 1 aromatic carbocycles. The zero-order valence-corrected chi connectivity index (χ0v) is 14.0. The van der Waals surface area contributed by atoms with Gasteiger partial charge in [0.15, 0.2) is 0 Å². The third-order valence-electron chi connectivity index (χ3n) is 6.63. The Bertz CT molecular complexity index is 552. The van der Waals surface area contributed by atoms with E-state index in [1.54, 1.807) is 10.5 Å². The summed E-state index contributed by atoms with van der Waals surface area (Å²) in [6, 6.07) is 10.9. The van der Waals surface area contributed by atoms with Crippen LogP contribution in [0.15, 0.2) is 42.0 Å². The molecule has 4 aliphatic rings. The van der Waals surface area contributed by atoms with Crippen molar-refractivity contribution in [1.82, 2.24) is 0 Å². The molecule has 1 aliphatic heterocycles. The molecule has 0 spiro atoms. The van der Waals surface area contributed by atoms with Gasteiger partial charge in [-0.05, 0) is 47.8 Å². The monoisotopic (exact) mass is 297 g/mol. The van der Waals surface area contributed by atoms with Crippen molar-refractivity contribution in [3.05, 3.63) is 42.0 Å². The lowest BCUT2D eigenvalue weighted by molar-refractivity contribution is -0.896. The van der Waals surface area contributed by atoms with E-state index in [0.717, 1.165) is 11.8 Å². The summed E-state index contributed by atoms with van der Waals surface area (Å²) in [5.74, 6) is 1.84. The van der Waals surface area contributed by atoms with Crippen molar-refractivity contribution in [1.29, 1.82) is 0 Å². The molecule has 1 N–H and O–H groups in total. The van der Waals surface area contributed by atoms with E-state index < -0.39 is 0 Å². The minimum Gasteiger partial charge on any atom is -0.360 e. The van der Waals surface area contributed by atoms with Gasteiger partial charge in [0, 0.05) is 5.69 Å². The predicted molar refractivity (Wildman–Crippen MR) is 92.3 cm³/mol. The lowest BCUT2D eigenvalue weighted by Gasteiger charge is -2.56. The Balaban J connectivity index is 1.34. The van der Waals surface area contributed by atoms with Crippen molar-refractivity contribution in [2.24, 2.45) is 17.3 Å². The standard InChI is InChI=1S/C20H28N2/c1-20(2)17-9-8-16(19(20)14-17)15-21-10-12-22(13-11-21)18-6-4-3-5-7-18/h3-8,17,19H,9-15H2,1-2H3/p+1/t17-,19-/m0/s1. The van der Waals surface area contributed by atoms with Crippen molar-refractivity contribution in [3.63, 3.8) is 0 Å². The van der Waals surface area contributed by atoms with Gasteiger partial charge in [0.25, 0.3) is 0 Å².